The summed E-state index contributed by atoms with van der Waals surface area (Å²) in [6.45, 7) is 2.66. The first-order valence-electron chi connectivity index (χ1n) is 8.29. The summed E-state index contributed by atoms with van der Waals surface area (Å²) in [5.74, 6) is 0.430. The lowest BCUT2D eigenvalue weighted by molar-refractivity contribution is 0.110. The maximum absolute atomic E-state index is 13.1. The molecule has 0 aliphatic carbocycles. The number of ether oxygens (including phenoxy) is 2. The van der Waals surface area contributed by atoms with Gasteiger partial charge in [-0.25, -0.2) is 4.39 Å². The molecule has 0 bridgehead atoms. The van der Waals surface area contributed by atoms with Gasteiger partial charge in [-0.15, -0.1) is 0 Å². The molecule has 0 aromatic heterocycles. The smallest absolute Gasteiger partial charge is 0.124 e. The van der Waals surface area contributed by atoms with Gasteiger partial charge in [-0.1, -0.05) is 33.6 Å². The zero-order valence-electron chi connectivity index (χ0n) is 13.7. The van der Waals surface area contributed by atoms with Crippen LogP contribution in [0.2, 0.25) is 5.02 Å². The highest BCUT2D eigenvalue weighted by Crippen LogP contribution is 2.26. The fourth-order valence-electron chi connectivity index (χ4n) is 2.79. The minimum absolute atomic E-state index is 0.291. The normalized spacial score (nSPS) is 17.0. The van der Waals surface area contributed by atoms with Crippen molar-refractivity contribution in [1.82, 2.24) is 5.32 Å². The van der Waals surface area contributed by atoms with Gasteiger partial charge in [-0.3, -0.25) is 0 Å². The standard InChI is InChI=1S/C19H20BrClFNO2/c20-15-4-6-19(25-12-13-3-5-16(22)9-18(13)21)14(8-15)10-23-11-17-2-1-7-24-17/h3-6,8-9,17,23H,1-2,7,10-12H2. The molecule has 1 aliphatic heterocycles. The molecule has 1 atom stereocenters. The molecule has 2 aromatic rings. The van der Waals surface area contributed by atoms with Gasteiger partial charge in [0, 0.05) is 35.3 Å². The Kier molecular flexibility index (Phi) is 6.70. The van der Waals surface area contributed by atoms with Gasteiger partial charge >= 0.3 is 0 Å². The summed E-state index contributed by atoms with van der Waals surface area (Å²) in [6, 6.07) is 10.2. The van der Waals surface area contributed by atoms with E-state index in [9.17, 15) is 4.39 Å². The summed E-state index contributed by atoms with van der Waals surface area (Å²) in [5, 5.41) is 3.80. The van der Waals surface area contributed by atoms with Gasteiger partial charge in [0.05, 0.1) is 11.1 Å². The zero-order chi connectivity index (χ0) is 17.6. The van der Waals surface area contributed by atoms with E-state index < -0.39 is 0 Å². The SMILES string of the molecule is Fc1ccc(COc2ccc(Br)cc2CNCC2CCCO2)c(Cl)c1. The van der Waals surface area contributed by atoms with Crippen LogP contribution in [-0.2, 0) is 17.9 Å². The van der Waals surface area contributed by atoms with E-state index in [1.165, 1.54) is 12.1 Å². The van der Waals surface area contributed by atoms with E-state index in [1.54, 1.807) is 6.07 Å². The van der Waals surface area contributed by atoms with E-state index in [2.05, 4.69) is 21.2 Å². The average Bonchev–Trinajstić information content (AvgIpc) is 3.09. The second-order valence-corrected chi connectivity index (χ2v) is 7.37. The van der Waals surface area contributed by atoms with E-state index in [-0.39, 0.29) is 5.82 Å². The molecule has 0 radical (unpaired) electrons. The van der Waals surface area contributed by atoms with Crippen molar-refractivity contribution in [3.63, 3.8) is 0 Å². The number of halogens is 3. The van der Waals surface area contributed by atoms with Crippen molar-refractivity contribution in [2.24, 2.45) is 0 Å². The summed E-state index contributed by atoms with van der Waals surface area (Å²) in [5.41, 5.74) is 1.80. The van der Waals surface area contributed by atoms with Crippen LogP contribution in [0.5, 0.6) is 5.75 Å². The van der Waals surface area contributed by atoms with E-state index in [0.717, 1.165) is 47.3 Å². The Hall–Kier alpha value is -1.14. The summed E-state index contributed by atoms with van der Waals surface area (Å²) < 4.78 is 25.7. The third kappa shape index (κ3) is 5.42. The third-order valence-corrected chi connectivity index (χ3v) is 4.98. The Balaban J connectivity index is 1.61. The van der Waals surface area contributed by atoms with Crippen LogP contribution in [0, 0.1) is 5.82 Å². The van der Waals surface area contributed by atoms with Crippen molar-refractivity contribution in [2.45, 2.75) is 32.1 Å². The van der Waals surface area contributed by atoms with E-state index in [1.807, 2.05) is 18.2 Å². The summed E-state index contributed by atoms with van der Waals surface area (Å²) in [7, 11) is 0. The molecule has 1 aliphatic rings. The quantitative estimate of drug-likeness (QED) is 0.666. The molecule has 134 valence electrons. The first-order chi connectivity index (χ1) is 12.1. The molecule has 0 saturated carbocycles. The molecule has 25 heavy (non-hydrogen) atoms. The lowest BCUT2D eigenvalue weighted by Gasteiger charge is -2.15. The third-order valence-electron chi connectivity index (χ3n) is 4.13. The van der Waals surface area contributed by atoms with Crippen LogP contribution in [-0.4, -0.2) is 19.3 Å². The number of benzene rings is 2. The molecular formula is C19H20BrClFNO2. The van der Waals surface area contributed by atoms with Crippen molar-refractivity contribution in [3.05, 3.63) is 62.8 Å². The highest BCUT2D eigenvalue weighted by molar-refractivity contribution is 9.10. The Morgan fingerprint density at radius 2 is 2.12 bits per heavy atom. The second kappa shape index (κ2) is 8.99. The van der Waals surface area contributed by atoms with E-state index in [0.29, 0.717) is 24.3 Å². The van der Waals surface area contributed by atoms with Crippen LogP contribution in [0.1, 0.15) is 24.0 Å². The lowest BCUT2D eigenvalue weighted by atomic mass is 10.2. The van der Waals surface area contributed by atoms with Crippen molar-refractivity contribution >= 4 is 27.5 Å². The van der Waals surface area contributed by atoms with Crippen LogP contribution in [0.3, 0.4) is 0 Å². The van der Waals surface area contributed by atoms with Crippen LogP contribution in [0.25, 0.3) is 0 Å². The fourth-order valence-corrected chi connectivity index (χ4v) is 3.42. The average molecular weight is 429 g/mol. The Morgan fingerprint density at radius 3 is 2.88 bits per heavy atom. The Labute approximate surface area is 160 Å². The lowest BCUT2D eigenvalue weighted by Crippen LogP contribution is -2.26. The predicted octanol–water partition coefficient (Wildman–Crippen LogP) is 5.09. The molecule has 0 spiro atoms. The molecule has 6 heteroatoms. The van der Waals surface area contributed by atoms with Crippen LogP contribution in [0.15, 0.2) is 40.9 Å². The summed E-state index contributed by atoms with van der Waals surface area (Å²) in [4.78, 5) is 0. The maximum Gasteiger partial charge on any atom is 0.124 e. The molecule has 1 heterocycles. The van der Waals surface area contributed by atoms with Crippen LogP contribution >= 0.6 is 27.5 Å². The Morgan fingerprint density at radius 1 is 1.24 bits per heavy atom. The van der Waals surface area contributed by atoms with Crippen molar-refractivity contribution < 1.29 is 13.9 Å². The van der Waals surface area contributed by atoms with Crippen molar-refractivity contribution in [3.8, 4) is 5.75 Å². The van der Waals surface area contributed by atoms with Gasteiger partial charge in [0.2, 0.25) is 0 Å². The molecule has 3 rings (SSSR count). The largest absolute Gasteiger partial charge is 0.489 e. The maximum atomic E-state index is 13.1. The first kappa shape index (κ1) is 18.6. The second-order valence-electron chi connectivity index (χ2n) is 6.04. The number of rotatable bonds is 7. The van der Waals surface area contributed by atoms with Gasteiger partial charge in [0.25, 0.3) is 0 Å². The van der Waals surface area contributed by atoms with E-state index >= 15 is 0 Å². The first-order valence-corrected chi connectivity index (χ1v) is 9.46. The molecule has 1 saturated heterocycles. The van der Waals surface area contributed by atoms with Gasteiger partial charge in [0.1, 0.15) is 18.2 Å². The molecule has 1 unspecified atom stereocenters. The van der Waals surface area contributed by atoms with Gasteiger partial charge in [-0.05, 0) is 43.2 Å². The van der Waals surface area contributed by atoms with Crippen molar-refractivity contribution in [2.75, 3.05) is 13.2 Å². The number of hydrogen-bond donors (Lipinski definition) is 1. The van der Waals surface area contributed by atoms with Crippen molar-refractivity contribution in [1.29, 1.82) is 0 Å². The topological polar surface area (TPSA) is 30.5 Å². The molecule has 0 amide bonds. The van der Waals surface area contributed by atoms with Gasteiger partial charge < -0.3 is 14.8 Å². The fraction of sp³-hybridized carbons (Fsp3) is 0.368. The van der Waals surface area contributed by atoms with Crippen LogP contribution in [0.4, 0.5) is 4.39 Å². The van der Waals surface area contributed by atoms with Gasteiger partial charge in [-0.2, -0.15) is 0 Å². The van der Waals surface area contributed by atoms with Gasteiger partial charge in [0.15, 0.2) is 0 Å². The Bertz CT molecular complexity index is 723. The minimum atomic E-state index is -0.351. The van der Waals surface area contributed by atoms with E-state index in [4.69, 9.17) is 21.1 Å². The molecule has 1 fully saturated rings. The number of hydrogen-bond acceptors (Lipinski definition) is 3. The van der Waals surface area contributed by atoms with Crippen LogP contribution < -0.4 is 10.1 Å². The zero-order valence-corrected chi connectivity index (χ0v) is 16.1. The number of nitrogens with one attached hydrogen (secondary N) is 1. The monoisotopic (exact) mass is 427 g/mol. The summed E-state index contributed by atoms with van der Waals surface area (Å²) in [6.07, 6.45) is 2.54. The molecule has 2 aromatic carbocycles. The summed E-state index contributed by atoms with van der Waals surface area (Å²) >= 11 is 9.56. The molecule has 3 nitrogen and oxygen atoms in total. The predicted molar refractivity (Wildman–Crippen MR) is 101 cm³/mol. The molecule has 1 N–H and O–H groups in total. The molecular weight excluding hydrogens is 409 g/mol. The minimum Gasteiger partial charge on any atom is -0.489 e. The highest BCUT2D eigenvalue weighted by Gasteiger charge is 2.15. The highest BCUT2D eigenvalue weighted by atomic mass is 79.9.